The van der Waals surface area contributed by atoms with Crippen molar-refractivity contribution in [3.05, 3.63) is 29.8 Å². The van der Waals surface area contributed by atoms with E-state index >= 15 is 0 Å². The zero-order valence-electron chi connectivity index (χ0n) is 14.5. The number of ether oxygens (including phenoxy) is 2. The van der Waals surface area contributed by atoms with Crippen LogP contribution in [0.25, 0.3) is 0 Å². The average Bonchev–Trinajstić information content (AvgIpc) is 2.61. The molecule has 0 aromatic heterocycles. The summed E-state index contributed by atoms with van der Waals surface area (Å²) in [6.45, 7) is 1.57. The molecule has 3 amide bonds. The summed E-state index contributed by atoms with van der Waals surface area (Å²) in [4.78, 5) is 35.4. The van der Waals surface area contributed by atoms with Crippen molar-refractivity contribution in [2.45, 2.75) is 38.6 Å². The number of imide groups is 1. The summed E-state index contributed by atoms with van der Waals surface area (Å²) in [5, 5.41) is 4.99. The fourth-order valence-corrected chi connectivity index (χ4v) is 2.84. The third-order valence-electron chi connectivity index (χ3n) is 4.34. The van der Waals surface area contributed by atoms with Gasteiger partial charge in [-0.3, -0.25) is 10.1 Å². The quantitative estimate of drug-likeness (QED) is 0.796. The molecule has 2 N–H and O–H groups in total. The largest absolute Gasteiger partial charge is 0.497 e. The molecular weight excluding hydrogens is 324 g/mol. The van der Waals surface area contributed by atoms with Crippen molar-refractivity contribution < 1.29 is 23.9 Å². The molecule has 7 nitrogen and oxygen atoms in total. The minimum absolute atomic E-state index is 0.0726. The number of carbonyl (C=O) groups excluding carboxylic acids is 3. The fraction of sp³-hybridized carbons (Fsp3) is 0.500. The van der Waals surface area contributed by atoms with Gasteiger partial charge >= 0.3 is 12.0 Å². The summed E-state index contributed by atoms with van der Waals surface area (Å²) in [5.74, 6) is -0.299. The minimum atomic E-state index is -0.664. The van der Waals surface area contributed by atoms with Gasteiger partial charge in [0.25, 0.3) is 5.91 Å². The Kier molecular flexibility index (Phi) is 6.80. The number of esters is 1. The molecule has 25 heavy (non-hydrogen) atoms. The molecule has 1 fully saturated rings. The van der Waals surface area contributed by atoms with Crippen LogP contribution in [-0.4, -0.2) is 37.7 Å². The fourth-order valence-electron chi connectivity index (χ4n) is 2.84. The predicted octanol–water partition coefficient (Wildman–Crippen LogP) is 2.26. The van der Waals surface area contributed by atoms with Crippen molar-refractivity contribution in [2.24, 2.45) is 5.92 Å². The van der Waals surface area contributed by atoms with Crippen LogP contribution >= 0.6 is 0 Å². The second-order valence-corrected chi connectivity index (χ2v) is 6.19. The van der Waals surface area contributed by atoms with E-state index < -0.39 is 24.5 Å². The second kappa shape index (κ2) is 9.05. The van der Waals surface area contributed by atoms with Gasteiger partial charge in [0, 0.05) is 6.04 Å². The van der Waals surface area contributed by atoms with Crippen LogP contribution in [0, 0.1) is 5.92 Å². The molecule has 2 atom stereocenters. The van der Waals surface area contributed by atoms with Crippen LogP contribution in [0.2, 0.25) is 0 Å². The smallest absolute Gasteiger partial charge is 0.338 e. The van der Waals surface area contributed by atoms with E-state index in [9.17, 15) is 14.4 Å². The topological polar surface area (TPSA) is 93.7 Å². The van der Waals surface area contributed by atoms with Gasteiger partial charge in [-0.15, -0.1) is 0 Å². The first-order valence-corrected chi connectivity index (χ1v) is 8.41. The number of rotatable bonds is 5. The maximum Gasteiger partial charge on any atom is 0.338 e. The lowest BCUT2D eigenvalue weighted by Crippen LogP contribution is -2.48. The molecule has 0 heterocycles. The summed E-state index contributed by atoms with van der Waals surface area (Å²) in [6.07, 6.45) is 4.22. The van der Waals surface area contributed by atoms with E-state index in [1.165, 1.54) is 25.7 Å². The van der Waals surface area contributed by atoms with Crippen molar-refractivity contribution in [1.29, 1.82) is 0 Å². The van der Waals surface area contributed by atoms with Crippen LogP contribution in [0.5, 0.6) is 5.75 Å². The van der Waals surface area contributed by atoms with Crippen molar-refractivity contribution in [1.82, 2.24) is 10.6 Å². The summed E-state index contributed by atoms with van der Waals surface area (Å²) in [5.41, 5.74) is 0.300. The zero-order chi connectivity index (χ0) is 18.2. The molecule has 7 heteroatoms. The number of hydrogen-bond donors (Lipinski definition) is 2. The van der Waals surface area contributed by atoms with Crippen LogP contribution in [-0.2, 0) is 9.53 Å². The monoisotopic (exact) mass is 348 g/mol. The maximum absolute atomic E-state index is 11.9. The van der Waals surface area contributed by atoms with Gasteiger partial charge in [-0.25, -0.2) is 9.59 Å². The SMILES string of the molecule is COc1ccc(C(=O)OCC(=O)NC(=O)N[C@@H]2CCCC[C@@H]2C)cc1. The van der Waals surface area contributed by atoms with Crippen molar-refractivity contribution in [3.8, 4) is 5.75 Å². The molecular formula is C18H24N2O5. The first-order chi connectivity index (χ1) is 12.0. The highest BCUT2D eigenvalue weighted by Crippen LogP contribution is 2.23. The number of urea groups is 1. The van der Waals surface area contributed by atoms with E-state index in [2.05, 4.69) is 17.6 Å². The Hall–Kier alpha value is -2.57. The molecule has 1 saturated carbocycles. The molecule has 1 aromatic rings. The van der Waals surface area contributed by atoms with Crippen molar-refractivity contribution in [2.75, 3.05) is 13.7 Å². The summed E-state index contributed by atoms with van der Waals surface area (Å²) in [6, 6.07) is 5.84. The van der Waals surface area contributed by atoms with Gasteiger partial charge in [-0.2, -0.15) is 0 Å². The highest BCUT2D eigenvalue weighted by molar-refractivity contribution is 5.97. The number of amides is 3. The lowest BCUT2D eigenvalue weighted by molar-refractivity contribution is -0.123. The first kappa shape index (κ1) is 18.8. The molecule has 2 rings (SSSR count). The number of hydrogen-bond acceptors (Lipinski definition) is 5. The molecule has 0 spiro atoms. The van der Waals surface area contributed by atoms with Crippen LogP contribution in [0.15, 0.2) is 24.3 Å². The molecule has 1 aliphatic carbocycles. The summed E-state index contributed by atoms with van der Waals surface area (Å²) in [7, 11) is 1.52. The number of nitrogens with one attached hydrogen (secondary N) is 2. The standard InChI is InChI=1S/C18H24N2O5/c1-12-5-3-4-6-15(12)19-18(23)20-16(21)11-25-17(22)13-7-9-14(24-2)10-8-13/h7-10,12,15H,3-6,11H2,1-2H3,(H2,19,20,21,23)/t12-,15+/m0/s1. The Labute approximate surface area is 147 Å². The number of methoxy groups -OCH3 is 1. The molecule has 0 bridgehead atoms. The van der Waals surface area contributed by atoms with Crippen LogP contribution in [0.3, 0.4) is 0 Å². The minimum Gasteiger partial charge on any atom is -0.497 e. The zero-order valence-corrected chi connectivity index (χ0v) is 14.5. The third-order valence-corrected chi connectivity index (χ3v) is 4.34. The molecule has 0 unspecified atom stereocenters. The molecule has 1 aromatic carbocycles. The predicted molar refractivity (Wildman–Crippen MR) is 91.4 cm³/mol. The lowest BCUT2D eigenvalue weighted by atomic mass is 9.86. The molecule has 1 aliphatic rings. The van der Waals surface area contributed by atoms with Gasteiger partial charge in [0.1, 0.15) is 5.75 Å². The van der Waals surface area contributed by atoms with Gasteiger partial charge in [0.15, 0.2) is 6.61 Å². The highest BCUT2D eigenvalue weighted by Gasteiger charge is 2.23. The second-order valence-electron chi connectivity index (χ2n) is 6.19. The Balaban J connectivity index is 1.73. The van der Waals surface area contributed by atoms with Gasteiger partial charge < -0.3 is 14.8 Å². The highest BCUT2D eigenvalue weighted by atomic mass is 16.5. The summed E-state index contributed by atoms with van der Waals surface area (Å²) < 4.78 is 9.90. The molecule has 136 valence electrons. The van der Waals surface area contributed by atoms with E-state index in [0.717, 1.165) is 19.3 Å². The van der Waals surface area contributed by atoms with Crippen LogP contribution in [0.1, 0.15) is 43.0 Å². The van der Waals surface area contributed by atoms with Gasteiger partial charge in [0.2, 0.25) is 0 Å². The van der Waals surface area contributed by atoms with Gasteiger partial charge in [-0.1, -0.05) is 19.8 Å². The normalized spacial score (nSPS) is 19.6. The van der Waals surface area contributed by atoms with E-state index in [-0.39, 0.29) is 6.04 Å². The average molecular weight is 348 g/mol. The number of benzene rings is 1. The van der Waals surface area contributed by atoms with E-state index in [0.29, 0.717) is 17.2 Å². The maximum atomic E-state index is 11.9. The van der Waals surface area contributed by atoms with E-state index in [4.69, 9.17) is 9.47 Å². The Morgan fingerprint density at radius 2 is 1.80 bits per heavy atom. The first-order valence-electron chi connectivity index (χ1n) is 8.41. The third kappa shape index (κ3) is 5.77. The Morgan fingerprint density at radius 1 is 1.12 bits per heavy atom. The van der Waals surface area contributed by atoms with E-state index in [1.54, 1.807) is 12.1 Å². The van der Waals surface area contributed by atoms with Gasteiger partial charge in [-0.05, 0) is 43.0 Å². The van der Waals surface area contributed by atoms with Crippen LogP contribution < -0.4 is 15.4 Å². The lowest BCUT2D eigenvalue weighted by Gasteiger charge is -2.29. The molecule has 0 aliphatic heterocycles. The number of carbonyl (C=O) groups is 3. The molecule has 0 saturated heterocycles. The molecule has 0 radical (unpaired) electrons. The summed E-state index contributed by atoms with van der Waals surface area (Å²) >= 11 is 0. The van der Waals surface area contributed by atoms with Crippen molar-refractivity contribution in [3.63, 3.8) is 0 Å². The van der Waals surface area contributed by atoms with Crippen molar-refractivity contribution >= 4 is 17.9 Å². The van der Waals surface area contributed by atoms with E-state index in [1.807, 2.05) is 0 Å². The van der Waals surface area contributed by atoms with Crippen LogP contribution in [0.4, 0.5) is 4.79 Å². The van der Waals surface area contributed by atoms with Gasteiger partial charge in [0.05, 0.1) is 12.7 Å². The Morgan fingerprint density at radius 3 is 2.44 bits per heavy atom. The Bertz CT molecular complexity index is 614.